The van der Waals surface area contributed by atoms with Crippen molar-refractivity contribution < 1.29 is 9.90 Å². The summed E-state index contributed by atoms with van der Waals surface area (Å²) in [4.78, 5) is 14.1. The SMILES string of the molecule is CCc1cccc(CC)c1NC(=O)N1CCC(O)CC1. The number of likely N-dealkylation sites (tertiary alicyclic amines) is 1. The van der Waals surface area contributed by atoms with Crippen LogP contribution in [0.4, 0.5) is 10.5 Å². The molecule has 1 aromatic carbocycles. The lowest BCUT2D eigenvalue weighted by Crippen LogP contribution is -2.42. The molecule has 1 aliphatic rings. The Hall–Kier alpha value is -1.55. The number of benzene rings is 1. The smallest absolute Gasteiger partial charge is 0.321 e. The molecule has 110 valence electrons. The zero-order valence-electron chi connectivity index (χ0n) is 12.4. The standard InChI is InChI=1S/C16H24N2O2/c1-3-12-6-5-7-13(4-2)15(12)17-16(20)18-10-8-14(19)9-11-18/h5-7,14,19H,3-4,8-11H2,1-2H3,(H,17,20). The number of para-hydroxylation sites is 1. The molecule has 1 heterocycles. The third-order valence-electron chi connectivity index (χ3n) is 3.98. The van der Waals surface area contributed by atoms with E-state index in [9.17, 15) is 9.90 Å². The summed E-state index contributed by atoms with van der Waals surface area (Å²) in [5.74, 6) is 0. The number of rotatable bonds is 3. The predicted octanol–water partition coefficient (Wildman–Crippen LogP) is 2.80. The second-order valence-corrected chi connectivity index (χ2v) is 5.31. The fourth-order valence-corrected chi connectivity index (χ4v) is 2.66. The minimum absolute atomic E-state index is 0.0486. The van der Waals surface area contributed by atoms with Gasteiger partial charge in [-0.2, -0.15) is 0 Å². The van der Waals surface area contributed by atoms with Gasteiger partial charge in [0.25, 0.3) is 0 Å². The van der Waals surface area contributed by atoms with Crippen LogP contribution < -0.4 is 5.32 Å². The molecule has 0 unspecified atom stereocenters. The van der Waals surface area contributed by atoms with Gasteiger partial charge in [-0.05, 0) is 36.8 Å². The summed E-state index contributed by atoms with van der Waals surface area (Å²) in [6.45, 7) is 5.45. The van der Waals surface area contributed by atoms with Crippen molar-refractivity contribution in [1.82, 2.24) is 4.90 Å². The van der Waals surface area contributed by atoms with Crippen LogP contribution in [0, 0.1) is 0 Å². The van der Waals surface area contributed by atoms with E-state index in [2.05, 4.69) is 31.3 Å². The maximum atomic E-state index is 12.3. The first-order valence-electron chi connectivity index (χ1n) is 7.50. The third-order valence-corrected chi connectivity index (χ3v) is 3.98. The zero-order valence-corrected chi connectivity index (χ0v) is 12.4. The van der Waals surface area contributed by atoms with Gasteiger partial charge in [0.2, 0.25) is 0 Å². The fourth-order valence-electron chi connectivity index (χ4n) is 2.66. The lowest BCUT2D eigenvalue weighted by molar-refractivity contribution is 0.0972. The Labute approximate surface area is 120 Å². The summed E-state index contributed by atoms with van der Waals surface area (Å²) in [6, 6.07) is 6.13. The molecular formula is C16H24N2O2. The predicted molar refractivity (Wildman–Crippen MR) is 81.0 cm³/mol. The number of carbonyl (C=O) groups is 1. The van der Waals surface area contributed by atoms with Gasteiger partial charge in [0, 0.05) is 18.8 Å². The Kier molecular flexibility index (Phi) is 5.01. The number of aliphatic hydroxyl groups is 1. The van der Waals surface area contributed by atoms with E-state index in [-0.39, 0.29) is 12.1 Å². The van der Waals surface area contributed by atoms with Crippen LogP contribution in [0.2, 0.25) is 0 Å². The Balaban J connectivity index is 2.11. The molecule has 2 rings (SSSR count). The molecule has 1 fully saturated rings. The molecule has 2 N–H and O–H groups in total. The summed E-state index contributed by atoms with van der Waals surface area (Å²) >= 11 is 0. The van der Waals surface area contributed by atoms with Gasteiger partial charge in [-0.1, -0.05) is 32.0 Å². The maximum Gasteiger partial charge on any atom is 0.321 e. The number of aliphatic hydroxyl groups excluding tert-OH is 1. The molecule has 4 nitrogen and oxygen atoms in total. The van der Waals surface area contributed by atoms with E-state index in [1.807, 2.05) is 6.07 Å². The Morgan fingerprint density at radius 1 is 1.25 bits per heavy atom. The highest BCUT2D eigenvalue weighted by Gasteiger charge is 2.22. The van der Waals surface area contributed by atoms with Crippen LogP contribution in [0.25, 0.3) is 0 Å². The van der Waals surface area contributed by atoms with E-state index in [1.54, 1.807) is 4.90 Å². The van der Waals surface area contributed by atoms with Gasteiger partial charge < -0.3 is 15.3 Å². The number of amides is 2. The van der Waals surface area contributed by atoms with Crippen LogP contribution in [0.15, 0.2) is 18.2 Å². The van der Waals surface area contributed by atoms with Gasteiger partial charge >= 0.3 is 6.03 Å². The first kappa shape index (κ1) is 14.9. The van der Waals surface area contributed by atoms with Crippen molar-refractivity contribution in [2.45, 2.75) is 45.6 Å². The fraction of sp³-hybridized carbons (Fsp3) is 0.562. The largest absolute Gasteiger partial charge is 0.393 e. The monoisotopic (exact) mass is 276 g/mol. The summed E-state index contributed by atoms with van der Waals surface area (Å²) in [5.41, 5.74) is 3.32. The quantitative estimate of drug-likeness (QED) is 0.892. The lowest BCUT2D eigenvalue weighted by atomic mass is 10.0. The van der Waals surface area contributed by atoms with Crippen LogP contribution in [0.3, 0.4) is 0 Å². The van der Waals surface area contributed by atoms with Gasteiger partial charge in [-0.25, -0.2) is 4.79 Å². The van der Waals surface area contributed by atoms with Gasteiger partial charge in [0.05, 0.1) is 6.10 Å². The van der Waals surface area contributed by atoms with Gasteiger partial charge in [0.1, 0.15) is 0 Å². The number of hydrogen-bond acceptors (Lipinski definition) is 2. The van der Waals surface area contributed by atoms with E-state index in [0.29, 0.717) is 25.9 Å². The summed E-state index contributed by atoms with van der Waals surface area (Å²) < 4.78 is 0. The third kappa shape index (κ3) is 3.31. The van der Waals surface area contributed by atoms with Crippen molar-refractivity contribution in [1.29, 1.82) is 0 Å². The Morgan fingerprint density at radius 3 is 2.30 bits per heavy atom. The van der Waals surface area contributed by atoms with E-state index >= 15 is 0 Å². The first-order valence-corrected chi connectivity index (χ1v) is 7.50. The zero-order chi connectivity index (χ0) is 14.5. The average Bonchev–Trinajstić information content (AvgIpc) is 2.48. The molecule has 0 spiro atoms. The number of carbonyl (C=O) groups excluding carboxylic acids is 1. The Bertz CT molecular complexity index is 443. The first-order chi connectivity index (χ1) is 9.65. The molecule has 0 bridgehead atoms. The van der Waals surface area contributed by atoms with Crippen molar-refractivity contribution in [3.8, 4) is 0 Å². The molecule has 0 aliphatic carbocycles. The van der Waals surface area contributed by atoms with Crippen LogP contribution in [0.1, 0.15) is 37.8 Å². The minimum atomic E-state index is -0.256. The molecule has 4 heteroatoms. The highest BCUT2D eigenvalue weighted by Crippen LogP contribution is 2.23. The summed E-state index contributed by atoms with van der Waals surface area (Å²) in [6.07, 6.45) is 2.89. The van der Waals surface area contributed by atoms with Crippen molar-refractivity contribution in [2.24, 2.45) is 0 Å². The summed E-state index contributed by atoms with van der Waals surface area (Å²) in [5, 5.41) is 12.6. The molecule has 20 heavy (non-hydrogen) atoms. The maximum absolute atomic E-state index is 12.3. The van der Waals surface area contributed by atoms with Crippen LogP contribution in [-0.4, -0.2) is 35.2 Å². The highest BCUT2D eigenvalue weighted by molar-refractivity contribution is 5.91. The van der Waals surface area contributed by atoms with Gasteiger partial charge in [-0.3, -0.25) is 0 Å². The molecule has 2 amide bonds. The number of piperidine rings is 1. The molecule has 0 saturated carbocycles. The molecule has 1 aliphatic heterocycles. The van der Waals surface area contributed by atoms with E-state index in [1.165, 1.54) is 11.1 Å². The van der Waals surface area contributed by atoms with E-state index in [0.717, 1.165) is 18.5 Å². The van der Waals surface area contributed by atoms with Crippen LogP contribution >= 0.6 is 0 Å². The van der Waals surface area contributed by atoms with Crippen molar-refractivity contribution in [3.63, 3.8) is 0 Å². The Morgan fingerprint density at radius 2 is 1.80 bits per heavy atom. The summed E-state index contributed by atoms with van der Waals surface area (Å²) in [7, 11) is 0. The number of urea groups is 1. The van der Waals surface area contributed by atoms with Crippen molar-refractivity contribution in [2.75, 3.05) is 18.4 Å². The number of hydrogen-bond donors (Lipinski definition) is 2. The molecule has 1 saturated heterocycles. The lowest BCUT2D eigenvalue weighted by Gasteiger charge is -2.30. The highest BCUT2D eigenvalue weighted by atomic mass is 16.3. The number of nitrogens with one attached hydrogen (secondary N) is 1. The molecule has 0 atom stereocenters. The number of nitrogens with zero attached hydrogens (tertiary/aromatic N) is 1. The second kappa shape index (κ2) is 6.75. The second-order valence-electron chi connectivity index (χ2n) is 5.31. The minimum Gasteiger partial charge on any atom is -0.393 e. The van der Waals surface area contributed by atoms with Gasteiger partial charge in [0.15, 0.2) is 0 Å². The number of anilines is 1. The van der Waals surface area contributed by atoms with Gasteiger partial charge in [-0.15, -0.1) is 0 Å². The average molecular weight is 276 g/mol. The van der Waals surface area contributed by atoms with Crippen LogP contribution in [0.5, 0.6) is 0 Å². The molecule has 1 aromatic rings. The van der Waals surface area contributed by atoms with E-state index in [4.69, 9.17) is 0 Å². The normalized spacial score (nSPS) is 16.2. The van der Waals surface area contributed by atoms with Crippen molar-refractivity contribution >= 4 is 11.7 Å². The molecule has 0 aromatic heterocycles. The number of aryl methyl sites for hydroxylation is 2. The van der Waals surface area contributed by atoms with Crippen molar-refractivity contribution in [3.05, 3.63) is 29.3 Å². The topological polar surface area (TPSA) is 52.6 Å². The van der Waals surface area contributed by atoms with Crippen LogP contribution in [-0.2, 0) is 12.8 Å². The van der Waals surface area contributed by atoms with E-state index < -0.39 is 0 Å². The molecule has 0 radical (unpaired) electrons. The molecular weight excluding hydrogens is 252 g/mol.